The van der Waals surface area contributed by atoms with Crippen molar-refractivity contribution in [2.24, 2.45) is 0 Å². The summed E-state index contributed by atoms with van der Waals surface area (Å²) in [4.78, 5) is 13.0. The largest absolute Gasteiger partial charge is 0.346 e. The zero-order valence-corrected chi connectivity index (χ0v) is 17.0. The molecule has 9 heteroatoms. The Kier molecular flexibility index (Phi) is 4.59. The summed E-state index contributed by atoms with van der Waals surface area (Å²) in [6.45, 7) is 0.659. The highest BCUT2D eigenvalue weighted by molar-refractivity contribution is 7.89. The van der Waals surface area contributed by atoms with Crippen LogP contribution in [0.4, 0.5) is 4.39 Å². The zero-order chi connectivity index (χ0) is 20.9. The first-order valence-corrected chi connectivity index (χ1v) is 11.4. The molecule has 30 heavy (non-hydrogen) atoms. The second-order valence-corrected chi connectivity index (χ2v) is 9.67. The third-order valence-corrected chi connectivity index (χ3v) is 7.95. The fourth-order valence-electron chi connectivity index (χ4n) is 4.52. The summed E-state index contributed by atoms with van der Waals surface area (Å²) < 4.78 is 44.4. The lowest BCUT2D eigenvalue weighted by atomic mass is 10.1. The second kappa shape index (κ2) is 7.17. The molecule has 3 heterocycles. The van der Waals surface area contributed by atoms with Gasteiger partial charge in [-0.1, -0.05) is 30.3 Å². The summed E-state index contributed by atoms with van der Waals surface area (Å²) in [6.07, 6.45) is 1.78. The quantitative estimate of drug-likeness (QED) is 0.637. The molecule has 1 fully saturated rings. The van der Waals surface area contributed by atoms with E-state index in [4.69, 9.17) is 0 Å². The Hall–Kier alpha value is -2.78. The highest BCUT2D eigenvalue weighted by atomic mass is 32.2. The lowest BCUT2D eigenvalue weighted by molar-refractivity contribution is 0.312. The van der Waals surface area contributed by atoms with Crippen LogP contribution in [0.3, 0.4) is 0 Å². The smallest absolute Gasteiger partial charge is 0.277 e. The van der Waals surface area contributed by atoms with Crippen molar-refractivity contribution >= 4 is 10.0 Å². The molecule has 2 bridgehead atoms. The predicted molar refractivity (Wildman–Crippen MR) is 108 cm³/mol. The first-order chi connectivity index (χ1) is 14.4. The number of halogens is 1. The molecule has 5 rings (SSSR count). The molecule has 3 aromatic rings. The maximum atomic E-state index is 13.3. The summed E-state index contributed by atoms with van der Waals surface area (Å²) in [5.41, 5.74) is 0.761. The Morgan fingerprint density at radius 3 is 2.43 bits per heavy atom. The van der Waals surface area contributed by atoms with E-state index in [-0.39, 0.29) is 29.2 Å². The molecule has 1 saturated heterocycles. The third-order valence-electron chi connectivity index (χ3n) is 5.93. The first-order valence-electron chi connectivity index (χ1n) is 9.93. The number of fused-ring (bicyclic) bond motifs is 3. The van der Waals surface area contributed by atoms with Crippen molar-refractivity contribution in [1.82, 2.24) is 18.7 Å². The molecule has 2 atom stereocenters. The SMILES string of the molecule is O=c1n(Cc2ccccc2)nc2n1C[C@H]1CC[C@@H](C2)N1S(=O)(=O)c1ccc(F)cc1. The van der Waals surface area contributed by atoms with Crippen molar-refractivity contribution in [3.05, 3.63) is 82.3 Å². The molecule has 0 radical (unpaired) electrons. The topological polar surface area (TPSA) is 77.2 Å². The van der Waals surface area contributed by atoms with Gasteiger partial charge in [0, 0.05) is 25.0 Å². The van der Waals surface area contributed by atoms with Gasteiger partial charge in [-0.05, 0) is 42.7 Å². The lowest BCUT2D eigenvalue weighted by Gasteiger charge is -2.26. The van der Waals surface area contributed by atoms with Crippen molar-refractivity contribution in [1.29, 1.82) is 0 Å². The normalized spacial score (nSPS) is 21.4. The summed E-state index contributed by atoms with van der Waals surface area (Å²) in [7, 11) is -3.79. The molecule has 0 saturated carbocycles. The van der Waals surface area contributed by atoms with Crippen LogP contribution in [0, 0.1) is 5.82 Å². The van der Waals surface area contributed by atoms with Crippen LogP contribution in [0.2, 0.25) is 0 Å². The standard InChI is InChI=1S/C21H21FN4O3S/c22-16-6-10-19(11-7-16)30(28,29)26-17-8-9-18(26)14-24-20(12-17)23-25(21(24)27)13-15-4-2-1-3-5-15/h1-7,10-11,17-18H,8-9,12-14H2/t17-,18+/m0/s1. The number of hydrogen-bond donors (Lipinski definition) is 0. The second-order valence-electron chi connectivity index (χ2n) is 7.83. The molecule has 0 spiro atoms. The predicted octanol–water partition coefficient (Wildman–Crippen LogP) is 2.01. The maximum Gasteiger partial charge on any atom is 0.346 e. The molecule has 2 aliphatic heterocycles. The monoisotopic (exact) mass is 428 g/mol. The zero-order valence-electron chi connectivity index (χ0n) is 16.2. The van der Waals surface area contributed by atoms with Gasteiger partial charge in [-0.15, -0.1) is 0 Å². The van der Waals surface area contributed by atoms with Gasteiger partial charge in [0.05, 0.1) is 11.4 Å². The van der Waals surface area contributed by atoms with Crippen LogP contribution < -0.4 is 5.69 Å². The van der Waals surface area contributed by atoms with E-state index in [0.29, 0.717) is 31.6 Å². The lowest BCUT2D eigenvalue weighted by Crippen LogP contribution is -2.42. The van der Waals surface area contributed by atoms with Crippen molar-refractivity contribution in [2.75, 3.05) is 0 Å². The minimum absolute atomic E-state index is 0.0711. The van der Waals surface area contributed by atoms with Crippen LogP contribution in [-0.4, -0.2) is 39.2 Å². The van der Waals surface area contributed by atoms with Crippen molar-refractivity contribution in [3.8, 4) is 0 Å². The fourth-order valence-corrected chi connectivity index (χ4v) is 6.38. The summed E-state index contributed by atoms with van der Waals surface area (Å²) >= 11 is 0. The van der Waals surface area contributed by atoms with Crippen molar-refractivity contribution < 1.29 is 12.8 Å². The van der Waals surface area contributed by atoms with E-state index in [1.54, 1.807) is 4.57 Å². The van der Waals surface area contributed by atoms with Crippen LogP contribution >= 0.6 is 0 Å². The Morgan fingerprint density at radius 1 is 1.00 bits per heavy atom. The number of benzene rings is 2. The summed E-state index contributed by atoms with van der Waals surface area (Å²) in [6, 6.07) is 13.9. The number of rotatable bonds is 4. The fraction of sp³-hybridized carbons (Fsp3) is 0.333. The van der Waals surface area contributed by atoms with Gasteiger partial charge in [-0.2, -0.15) is 9.40 Å². The maximum absolute atomic E-state index is 13.3. The van der Waals surface area contributed by atoms with Gasteiger partial charge >= 0.3 is 5.69 Å². The number of nitrogens with zero attached hydrogens (tertiary/aromatic N) is 4. The molecule has 0 aliphatic carbocycles. The molecule has 2 aromatic carbocycles. The Morgan fingerprint density at radius 2 is 1.70 bits per heavy atom. The Bertz CT molecular complexity index is 1240. The Balaban J connectivity index is 1.47. The molecule has 2 aliphatic rings. The van der Waals surface area contributed by atoms with Crippen molar-refractivity contribution in [3.63, 3.8) is 0 Å². The average Bonchev–Trinajstić information content (AvgIpc) is 3.19. The van der Waals surface area contributed by atoms with E-state index in [9.17, 15) is 17.6 Å². The highest BCUT2D eigenvalue weighted by Gasteiger charge is 2.45. The van der Waals surface area contributed by atoms with E-state index in [1.165, 1.54) is 21.1 Å². The van der Waals surface area contributed by atoms with E-state index < -0.39 is 15.8 Å². The molecule has 0 amide bonds. The average molecular weight is 428 g/mol. The minimum Gasteiger partial charge on any atom is -0.277 e. The molecular weight excluding hydrogens is 407 g/mol. The molecule has 1 aromatic heterocycles. The Labute approximate surface area is 173 Å². The molecule has 7 nitrogen and oxygen atoms in total. The highest BCUT2D eigenvalue weighted by Crippen LogP contribution is 2.35. The molecule has 0 unspecified atom stereocenters. The van der Waals surface area contributed by atoms with E-state index in [0.717, 1.165) is 17.7 Å². The number of aromatic nitrogens is 3. The van der Waals surface area contributed by atoms with Crippen molar-refractivity contribution in [2.45, 2.75) is 49.3 Å². The van der Waals surface area contributed by atoms with Gasteiger partial charge in [0.2, 0.25) is 10.0 Å². The molecular formula is C21H21FN4O3S. The first kappa shape index (κ1) is 19.2. The summed E-state index contributed by atoms with van der Waals surface area (Å²) in [5, 5.41) is 4.52. The van der Waals surface area contributed by atoms with Gasteiger partial charge in [0.1, 0.15) is 11.6 Å². The number of sulfonamides is 1. The van der Waals surface area contributed by atoms with Gasteiger partial charge in [0.15, 0.2) is 0 Å². The molecule has 156 valence electrons. The number of hydrogen-bond acceptors (Lipinski definition) is 4. The van der Waals surface area contributed by atoms with Crippen LogP contribution in [0.15, 0.2) is 64.3 Å². The van der Waals surface area contributed by atoms with E-state index in [1.807, 2.05) is 30.3 Å². The van der Waals surface area contributed by atoms with Gasteiger partial charge in [0.25, 0.3) is 0 Å². The third kappa shape index (κ3) is 3.18. The summed E-state index contributed by atoms with van der Waals surface area (Å²) in [5.74, 6) is 0.134. The molecule has 0 N–H and O–H groups in total. The van der Waals surface area contributed by atoms with Crippen LogP contribution in [0.5, 0.6) is 0 Å². The van der Waals surface area contributed by atoms with Gasteiger partial charge in [-0.25, -0.2) is 22.3 Å². The van der Waals surface area contributed by atoms with E-state index >= 15 is 0 Å². The minimum atomic E-state index is -3.79. The van der Waals surface area contributed by atoms with E-state index in [2.05, 4.69) is 5.10 Å². The van der Waals surface area contributed by atoms with Crippen LogP contribution in [-0.2, 0) is 29.5 Å². The van der Waals surface area contributed by atoms with Gasteiger partial charge in [-0.3, -0.25) is 4.57 Å². The van der Waals surface area contributed by atoms with Crippen LogP contribution in [0.25, 0.3) is 0 Å². The van der Waals surface area contributed by atoms with Crippen LogP contribution in [0.1, 0.15) is 24.2 Å². The van der Waals surface area contributed by atoms with Gasteiger partial charge < -0.3 is 0 Å².